The van der Waals surface area contributed by atoms with Gasteiger partial charge in [0.1, 0.15) is 16.7 Å². The van der Waals surface area contributed by atoms with E-state index >= 15 is 0 Å². The second-order valence-electron chi connectivity index (χ2n) is 14.1. The Labute approximate surface area is 317 Å². The molecule has 11 rings (SSSR count). The fraction of sp³-hybridized carbons (Fsp3) is 0. The number of para-hydroxylation sites is 1. The highest BCUT2D eigenvalue weighted by Gasteiger charge is 2.25. The number of benzene rings is 9. The van der Waals surface area contributed by atoms with Crippen molar-refractivity contribution in [2.45, 2.75) is 0 Å². The van der Waals surface area contributed by atoms with E-state index in [4.69, 9.17) is 8.83 Å². The molecule has 55 heavy (non-hydrogen) atoms. The van der Waals surface area contributed by atoms with Crippen molar-refractivity contribution in [3.63, 3.8) is 0 Å². The van der Waals surface area contributed by atoms with E-state index in [9.17, 15) is 0 Å². The number of fused-ring (bicyclic) bond motifs is 7. The summed E-state index contributed by atoms with van der Waals surface area (Å²) in [6, 6.07) is 70.7. The van der Waals surface area contributed by atoms with E-state index < -0.39 is 0 Å². The van der Waals surface area contributed by atoms with Gasteiger partial charge in [0.25, 0.3) is 0 Å². The molecule has 3 nitrogen and oxygen atoms in total. The molecule has 2 heterocycles. The first kappa shape index (κ1) is 31.2. The summed E-state index contributed by atoms with van der Waals surface area (Å²) in [7, 11) is 0. The van der Waals surface area contributed by atoms with Gasteiger partial charge in [0, 0.05) is 27.4 Å². The predicted octanol–water partition coefficient (Wildman–Crippen LogP) is 15.1. The second-order valence-corrected chi connectivity index (χ2v) is 14.1. The van der Waals surface area contributed by atoms with Crippen LogP contribution in [-0.4, -0.2) is 0 Å². The quantitative estimate of drug-likeness (QED) is 0.173. The fourth-order valence-corrected chi connectivity index (χ4v) is 8.20. The maximum absolute atomic E-state index is 6.97. The molecule has 0 unspecified atom stereocenters. The molecule has 0 aliphatic rings. The van der Waals surface area contributed by atoms with Gasteiger partial charge in [0.2, 0.25) is 0 Å². The molecule has 0 spiro atoms. The lowest BCUT2D eigenvalue weighted by Crippen LogP contribution is -2.11. The van der Waals surface area contributed by atoms with Gasteiger partial charge in [-0.15, -0.1) is 0 Å². The lowest BCUT2D eigenvalue weighted by molar-refractivity contribution is 0.668. The summed E-state index contributed by atoms with van der Waals surface area (Å²) in [5.74, 6) is 0. The molecule has 0 saturated carbocycles. The third-order valence-corrected chi connectivity index (χ3v) is 10.8. The minimum absolute atomic E-state index is 0.829. The van der Waals surface area contributed by atoms with Crippen molar-refractivity contribution in [2.24, 2.45) is 0 Å². The maximum Gasteiger partial charge on any atom is 0.159 e. The summed E-state index contributed by atoms with van der Waals surface area (Å²) < 4.78 is 13.9. The first-order valence-corrected chi connectivity index (χ1v) is 18.7. The number of nitrogens with zero attached hydrogens (tertiary/aromatic N) is 1. The molecule has 0 aliphatic carbocycles. The molecule has 9 aromatic carbocycles. The Morgan fingerprint density at radius 3 is 1.64 bits per heavy atom. The monoisotopic (exact) mass is 703 g/mol. The first-order valence-electron chi connectivity index (χ1n) is 18.7. The number of hydrogen-bond donors (Lipinski definition) is 0. The molecule has 0 fully saturated rings. The second kappa shape index (κ2) is 12.6. The summed E-state index contributed by atoms with van der Waals surface area (Å²) in [4.78, 5) is 2.35. The topological polar surface area (TPSA) is 29.5 Å². The molecule has 258 valence electrons. The Morgan fingerprint density at radius 2 is 0.927 bits per heavy atom. The van der Waals surface area contributed by atoms with Crippen LogP contribution >= 0.6 is 0 Å². The van der Waals surface area contributed by atoms with Crippen LogP contribution in [0.15, 0.2) is 209 Å². The van der Waals surface area contributed by atoms with Gasteiger partial charge in [-0.3, -0.25) is 0 Å². The van der Waals surface area contributed by atoms with Crippen molar-refractivity contribution in [1.29, 1.82) is 0 Å². The molecule has 11 aromatic rings. The van der Waals surface area contributed by atoms with Gasteiger partial charge in [-0.1, -0.05) is 146 Å². The van der Waals surface area contributed by atoms with Crippen molar-refractivity contribution >= 4 is 71.7 Å². The lowest BCUT2D eigenvalue weighted by atomic mass is 9.98. The molecule has 3 heteroatoms. The van der Waals surface area contributed by atoms with Crippen LogP contribution in [0.1, 0.15) is 0 Å². The Hall–Kier alpha value is -7.36. The zero-order valence-corrected chi connectivity index (χ0v) is 29.8. The largest absolute Gasteiger partial charge is 0.455 e. The molecule has 0 radical (unpaired) electrons. The number of hydrogen-bond acceptors (Lipinski definition) is 3. The molecular weight excluding hydrogens is 671 g/mol. The van der Waals surface area contributed by atoms with E-state index in [0.29, 0.717) is 0 Å². The average molecular weight is 704 g/mol. The van der Waals surface area contributed by atoms with Gasteiger partial charge in [-0.25, -0.2) is 0 Å². The summed E-state index contributed by atoms with van der Waals surface area (Å²) in [6.07, 6.45) is 0. The fourth-order valence-electron chi connectivity index (χ4n) is 8.20. The van der Waals surface area contributed by atoms with E-state index in [2.05, 4.69) is 193 Å². The Morgan fingerprint density at radius 1 is 0.327 bits per heavy atom. The molecule has 0 amide bonds. The Balaban J connectivity index is 1.20. The van der Waals surface area contributed by atoms with Crippen LogP contribution < -0.4 is 4.90 Å². The van der Waals surface area contributed by atoms with E-state index in [1.807, 2.05) is 12.1 Å². The summed E-state index contributed by atoms with van der Waals surface area (Å²) in [5, 5.41) is 6.60. The lowest BCUT2D eigenvalue weighted by Gasteiger charge is -2.27. The van der Waals surface area contributed by atoms with Gasteiger partial charge in [0.05, 0.1) is 16.8 Å². The zero-order chi connectivity index (χ0) is 36.3. The standard InChI is InChI=1S/C52H33NO2/c1-4-13-34(14-5-1)39-24-27-43-44-21-12-22-47(51(44)54-48(43)32-39)53(41-26-23-36-17-10-11-20-38(36)31-41)46-30-29-42(37-18-8-3-9-19-37)52-50(46)45-28-25-40(33-49(45)55-52)35-15-6-2-7-16-35/h1-33H. The smallest absolute Gasteiger partial charge is 0.159 e. The van der Waals surface area contributed by atoms with Crippen molar-refractivity contribution in [1.82, 2.24) is 0 Å². The highest BCUT2D eigenvalue weighted by molar-refractivity contribution is 6.19. The molecule has 2 aromatic heterocycles. The van der Waals surface area contributed by atoms with Crippen LogP contribution in [0.2, 0.25) is 0 Å². The molecule has 0 aliphatic heterocycles. The SMILES string of the molecule is c1ccc(-c2ccc3c(c2)oc2c(N(c4ccc5ccccc5c4)c4ccc(-c5ccccc5)c5oc6cc(-c7ccccc7)ccc6c45)cccc23)cc1. The zero-order valence-electron chi connectivity index (χ0n) is 29.8. The minimum atomic E-state index is 0.829. The van der Waals surface area contributed by atoms with E-state index in [1.54, 1.807) is 0 Å². The number of anilines is 3. The van der Waals surface area contributed by atoms with Crippen LogP contribution in [0.4, 0.5) is 17.1 Å². The molecular formula is C52H33NO2. The summed E-state index contributed by atoms with van der Waals surface area (Å²) in [5.41, 5.74) is 13.1. The highest BCUT2D eigenvalue weighted by Crippen LogP contribution is 2.49. The van der Waals surface area contributed by atoms with E-state index in [-0.39, 0.29) is 0 Å². The van der Waals surface area contributed by atoms with Crippen LogP contribution in [0, 0.1) is 0 Å². The van der Waals surface area contributed by atoms with Crippen molar-refractivity contribution < 1.29 is 8.83 Å². The highest BCUT2D eigenvalue weighted by atomic mass is 16.3. The number of furan rings is 2. The summed E-state index contributed by atoms with van der Waals surface area (Å²) >= 11 is 0. The third kappa shape index (κ3) is 5.20. The van der Waals surface area contributed by atoms with Crippen molar-refractivity contribution in [2.75, 3.05) is 4.90 Å². The Kier molecular flexibility index (Phi) is 7.17. The van der Waals surface area contributed by atoms with Crippen LogP contribution in [-0.2, 0) is 0 Å². The predicted molar refractivity (Wildman–Crippen MR) is 229 cm³/mol. The normalized spacial score (nSPS) is 11.6. The molecule has 0 bridgehead atoms. The van der Waals surface area contributed by atoms with Crippen LogP contribution in [0.25, 0.3) is 88.0 Å². The van der Waals surface area contributed by atoms with Crippen molar-refractivity contribution in [3.8, 4) is 33.4 Å². The van der Waals surface area contributed by atoms with E-state index in [1.165, 1.54) is 5.39 Å². The van der Waals surface area contributed by atoms with Gasteiger partial charge in [-0.05, 0) is 93.2 Å². The summed E-state index contributed by atoms with van der Waals surface area (Å²) in [6.45, 7) is 0. The molecule has 0 atom stereocenters. The number of rotatable bonds is 6. The molecule has 0 saturated heterocycles. The van der Waals surface area contributed by atoms with Crippen LogP contribution in [0.3, 0.4) is 0 Å². The molecule has 0 N–H and O–H groups in total. The van der Waals surface area contributed by atoms with Crippen LogP contribution in [0.5, 0.6) is 0 Å². The third-order valence-electron chi connectivity index (χ3n) is 10.8. The van der Waals surface area contributed by atoms with E-state index in [0.717, 1.165) is 99.7 Å². The van der Waals surface area contributed by atoms with Gasteiger partial charge in [-0.2, -0.15) is 0 Å². The van der Waals surface area contributed by atoms with Crippen molar-refractivity contribution in [3.05, 3.63) is 200 Å². The van der Waals surface area contributed by atoms with Gasteiger partial charge in [0.15, 0.2) is 5.58 Å². The van der Waals surface area contributed by atoms with Gasteiger partial charge < -0.3 is 13.7 Å². The first-order chi connectivity index (χ1) is 27.3. The minimum Gasteiger partial charge on any atom is -0.455 e. The van der Waals surface area contributed by atoms with Gasteiger partial charge >= 0.3 is 0 Å². The Bertz CT molecular complexity index is 3200. The maximum atomic E-state index is 6.97. The average Bonchev–Trinajstić information content (AvgIpc) is 3.83.